The van der Waals surface area contributed by atoms with Gasteiger partial charge in [-0.3, -0.25) is 9.59 Å². The standard InChI is InChI=1S/C13H15BrN2O2/c1-15-5-2-6-16(8-13(15)18)11-4-3-10(9-17)12(14)7-11/h3-4,7,9H,2,5-6,8H2,1H3. The molecular formula is C13H15BrN2O2. The summed E-state index contributed by atoms with van der Waals surface area (Å²) >= 11 is 3.37. The second-order valence-corrected chi connectivity index (χ2v) is 5.27. The van der Waals surface area contributed by atoms with Crippen LogP contribution in [0.1, 0.15) is 16.8 Å². The maximum absolute atomic E-state index is 11.8. The highest BCUT2D eigenvalue weighted by molar-refractivity contribution is 9.10. The van der Waals surface area contributed by atoms with Crippen LogP contribution in [0.3, 0.4) is 0 Å². The van der Waals surface area contributed by atoms with E-state index in [1.54, 1.807) is 11.0 Å². The number of carbonyl (C=O) groups excluding carboxylic acids is 2. The molecule has 0 spiro atoms. The third-order valence-electron chi connectivity index (χ3n) is 3.15. The Labute approximate surface area is 115 Å². The van der Waals surface area contributed by atoms with Gasteiger partial charge in [-0.2, -0.15) is 0 Å². The molecule has 0 aromatic heterocycles. The molecule has 2 rings (SSSR count). The number of nitrogens with zero attached hydrogens (tertiary/aromatic N) is 2. The highest BCUT2D eigenvalue weighted by Gasteiger charge is 2.19. The van der Waals surface area contributed by atoms with Crippen molar-refractivity contribution in [1.29, 1.82) is 0 Å². The number of likely N-dealkylation sites (N-methyl/N-ethyl adjacent to an activating group) is 1. The van der Waals surface area contributed by atoms with Crippen molar-refractivity contribution in [3.05, 3.63) is 28.2 Å². The average Bonchev–Trinajstić information content (AvgIpc) is 2.52. The number of halogens is 1. The Kier molecular flexibility index (Phi) is 4.01. The van der Waals surface area contributed by atoms with Crippen LogP contribution in [0.25, 0.3) is 0 Å². The van der Waals surface area contributed by atoms with E-state index < -0.39 is 0 Å². The first-order chi connectivity index (χ1) is 8.61. The fraction of sp³-hybridized carbons (Fsp3) is 0.385. The van der Waals surface area contributed by atoms with Crippen LogP contribution in [-0.2, 0) is 4.79 Å². The quantitative estimate of drug-likeness (QED) is 0.784. The fourth-order valence-electron chi connectivity index (χ4n) is 2.02. The van der Waals surface area contributed by atoms with Gasteiger partial charge in [-0.15, -0.1) is 0 Å². The number of amides is 1. The van der Waals surface area contributed by atoms with Crippen molar-refractivity contribution in [2.24, 2.45) is 0 Å². The lowest BCUT2D eigenvalue weighted by Gasteiger charge is -2.22. The Hall–Kier alpha value is -1.36. The Bertz CT molecular complexity index is 476. The smallest absolute Gasteiger partial charge is 0.241 e. The minimum absolute atomic E-state index is 0.128. The van der Waals surface area contributed by atoms with Gasteiger partial charge in [0.05, 0.1) is 6.54 Å². The molecule has 18 heavy (non-hydrogen) atoms. The Balaban J connectivity index is 2.22. The molecule has 1 aliphatic rings. The summed E-state index contributed by atoms with van der Waals surface area (Å²) in [7, 11) is 1.83. The van der Waals surface area contributed by atoms with E-state index in [2.05, 4.69) is 15.9 Å². The van der Waals surface area contributed by atoms with Crippen molar-refractivity contribution in [2.75, 3.05) is 31.6 Å². The lowest BCUT2D eigenvalue weighted by atomic mass is 10.2. The third-order valence-corrected chi connectivity index (χ3v) is 3.84. The molecule has 1 aromatic carbocycles. The predicted octanol–water partition coefficient (Wildman–Crippen LogP) is 1.93. The van der Waals surface area contributed by atoms with Gasteiger partial charge in [0.1, 0.15) is 0 Å². The van der Waals surface area contributed by atoms with E-state index in [4.69, 9.17) is 0 Å². The summed E-state index contributed by atoms with van der Waals surface area (Å²) in [5, 5.41) is 0. The summed E-state index contributed by atoms with van der Waals surface area (Å²) in [4.78, 5) is 26.4. The zero-order valence-corrected chi connectivity index (χ0v) is 11.8. The molecule has 0 saturated carbocycles. The van der Waals surface area contributed by atoms with Crippen LogP contribution in [0, 0.1) is 0 Å². The number of rotatable bonds is 2. The van der Waals surface area contributed by atoms with Crippen LogP contribution in [-0.4, -0.2) is 43.8 Å². The fourth-order valence-corrected chi connectivity index (χ4v) is 2.48. The maximum Gasteiger partial charge on any atom is 0.241 e. The number of aldehydes is 1. The van der Waals surface area contributed by atoms with Crippen LogP contribution in [0.2, 0.25) is 0 Å². The van der Waals surface area contributed by atoms with E-state index in [0.717, 1.165) is 36.0 Å². The maximum atomic E-state index is 11.8. The van der Waals surface area contributed by atoms with Crippen LogP contribution in [0.5, 0.6) is 0 Å². The van der Waals surface area contributed by atoms with E-state index in [0.29, 0.717) is 12.1 Å². The van der Waals surface area contributed by atoms with E-state index in [-0.39, 0.29) is 5.91 Å². The molecule has 1 heterocycles. The van der Waals surface area contributed by atoms with Crippen molar-refractivity contribution in [3.63, 3.8) is 0 Å². The molecule has 0 N–H and O–H groups in total. The van der Waals surface area contributed by atoms with E-state index in [1.165, 1.54) is 0 Å². The van der Waals surface area contributed by atoms with Crippen molar-refractivity contribution in [1.82, 2.24) is 4.90 Å². The lowest BCUT2D eigenvalue weighted by Crippen LogP contribution is -2.34. The molecular weight excluding hydrogens is 296 g/mol. The van der Waals surface area contributed by atoms with Crippen LogP contribution in [0.15, 0.2) is 22.7 Å². The molecule has 1 amide bonds. The van der Waals surface area contributed by atoms with Gasteiger partial charge in [-0.05, 0) is 40.5 Å². The number of anilines is 1. The predicted molar refractivity (Wildman–Crippen MR) is 74.0 cm³/mol. The van der Waals surface area contributed by atoms with Crippen molar-refractivity contribution < 1.29 is 9.59 Å². The molecule has 1 fully saturated rings. The molecule has 1 aromatic rings. The van der Waals surface area contributed by atoms with Gasteiger partial charge < -0.3 is 9.80 Å². The molecule has 96 valence electrons. The Morgan fingerprint density at radius 3 is 2.78 bits per heavy atom. The summed E-state index contributed by atoms with van der Waals surface area (Å²) in [5.74, 6) is 0.128. The van der Waals surface area contributed by atoms with Crippen molar-refractivity contribution >= 4 is 33.8 Å². The summed E-state index contributed by atoms with van der Waals surface area (Å²) in [6, 6.07) is 5.54. The van der Waals surface area contributed by atoms with Crippen LogP contribution >= 0.6 is 15.9 Å². The highest BCUT2D eigenvalue weighted by Crippen LogP contribution is 2.24. The first-order valence-electron chi connectivity index (χ1n) is 5.85. The first-order valence-corrected chi connectivity index (χ1v) is 6.65. The van der Waals surface area contributed by atoms with E-state index in [9.17, 15) is 9.59 Å². The average molecular weight is 311 g/mol. The van der Waals surface area contributed by atoms with Gasteiger partial charge >= 0.3 is 0 Å². The monoisotopic (exact) mass is 310 g/mol. The van der Waals surface area contributed by atoms with Gasteiger partial charge in [0.2, 0.25) is 5.91 Å². The molecule has 0 unspecified atom stereocenters. The largest absolute Gasteiger partial charge is 0.362 e. The Morgan fingerprint density at radius 2 is 2.11 bits per heavy atom. The van der Waals surface area contributed by atoms with Crippen LogP contribution in [0.4, 0.5) is 5.69 Å². The zero-order valence-electron chi connectivity index (χ0n) is 10.2. The van der Waals surface area contributed by atoms with Gasteiger partial charge in [-0.25, -0.2) is 0 Å². The van der Waals surface area contributed by atoms with Crippen molar-refractivity contribution in [2.45, 2.75) is 6.42 Å². The summed E-state index contributed by atoms with van der Waals surface area (Å²) < 4.78 is 0.764. The summed E-state index contributed by atoms with van der Waals surface area (Å²) in [5.41, 5.74) is 1.59. The van der Waals surface area contributed by atoms with Gasteiger partial charge in [0.15, 0.2) is 6.29 Å². The number of hydrogen-bond donors (Lipinski definition) is 0. The van der Waals surface area contributed by atoms with Gasteiger partial charge in [-0.1, -0.05) is 0 Å². The molecule has 0 bridgehead atoms. The topological polar surface area (TPSA) is 40.6 Å². The summed E-state index contributed by atoms with van der Waals surface area (Å²) in [6.45, 7) is 2.04. The van der Waals surface area contributed by atoms with E-state index in [1.807, 2.05) is 24.1 Å². The Morgan fingerprint density at radius 1 is 1.33 bits per heavy atom. The second-order valence-electron chi connectivity index (χ2n) is 4.41. The zero-order chi connectivity index (χ0) is 13.1. The molecule has 5 heteroatoms. The minimum Gasteiger partial charge on any atom is -0.362 e. The van der Waals surface area contributed by atoms with Gasteiger partial charge in [0.25, 0.3) is 0 Å². The first kappa shape index (κ1) is 13.1. The lowest BCUT2D eigenvalue weighted by molar-refractivity contribution is -0.127. The second kappa shape index (κ2) is 5.52. The minimum atomic E-state index is 0.128. The molecule has 0 radical (unpaired) electrons. The van der Waals surface area contributed by atoms with Crippen LogP contribution < -0.4 is 4.90 Å². The van der Waals surface area contributed by atoms with Crippen molar-refractivity contribution in [3.8, 4) is 0 Å². The summed E-state index contributed by atoms with van der Waals surface area (Å²) in [6.07, 6.45) is 1.77. The number of benzene rings is 1. The number of hydrogen-bond acceptors (Lipinski definition) is 3. The molecule has 0 atom stereocenters. The normalized spacial score (nSPS) is 16.7. The SMILES string of the molecule is CN1CCCN(c2ccc(C=O)c(Br)c2)CC1=O. The van der Waals surface area contributed by atoms with Gasteiger partial charge in [0, 0.05) is 35.9 Å². The molecule has 4 nitrogen and oxygen atoms in total. The molecule has 0 aliphatic carbocycles. The highest BCUT2D eigenvalue weighted by atomic mass is 79.9. The molecule has 1 saturated heterocycles. The molecule has 1 aliphatic heterocycles. The number of carbonyl (C=O) groups is 2. The third kappa shape index (κ3) is 2.72. The van der Waals surface area contributed by atoms with E-state index >= 15 is 0 Å².